The lowest BCUT2D eigenvalue weighted by atomic mass is 9.71. The number of benzene rings is 1. The molecule has 0 unspecified atom stereocenters. The number of hydrogen-bond donors (Lipinski definition) is 1. The number of ether oxygens (including phenoxy) is 1. The van der Waals surface area contributed by atoms with Gasteiger partial charge in [0.15, 0.2) is 5.69 Å². The Morgan fingerprint density at radius 2 is 1.92 bits per heavy atom. The molecule has 0 atom stereocenters. The first-order chi connectivity index (χ1) is 12.1. The molecule has 1 aromatic heterocycles. The summed E-state index contributed by atoms with van der Waals surface area (Å²) in [6.07, 6.45) is 2.37. The number of aromatic nitrogens is 2. The maximum Gasteiger partial charge on any atom is 0.357 e. The average Bonchev–Trinajstić information content (AvgIpc) is 2.57. The van der Waals surface area contributed by atoms with Crippen molar-refractivity contribution in [3.63, 3.8) is 0 Å². The third-order valence-corrected chi connectivity index (χ3v) is 4.79. The van der Waals surface area contributed by atoms with Gasteiger partial charge in [0.05, 0.1) is 6.61 Å². The van der Waals surface area contributed by atoms with E-state index in [1.807, 2.05) is 6.92 Å². The molecule has 3 rings (SSSR count). The van der Waals surface area contributed by atoms with Crippen molar-refractivity contribution in [3.05, 3.63) is 53.0 Å². The zero-order chi connectivity index (χ0) is 17.8. The first-order valence-electron chi connectivity index (χ1n) is 8.89. The van der Waals surface area contributed by atoms with Crippen LogP contribution in [0.15, 0.2) is 30.3 Å². The first-order valence-corrected chi connectivity index (χ1v) is 8.89. The molecule has 0 radical (unpaired) electrons. The van der Waals surface area contributed by atoms with Crippen molar-refractivity contribution < 1.29 is 9.53 Å². The molecule has 0 spiro atoms. The smallest absolute Gasteiger partial charge is 0.357 e. The molecule has 1 aromatic carbocycles. The molecule has 1 heterocycles. The zero-order valence-corrected chi connectivity index (χ0v) is 15.1. The van der Waals surface area contributed by atoms with Gasteiger partial charge in [0.25, 0.3) is 0 Å². The van der Waals surface area contributed by atoms with Gasteiger partial charge in [-0.05, 0) is 51.0 Å². The van der Waals surface area contributed by atoms with Crippen molar-refractivity contribution in [2.45, 2.75) is 39.5 Å². The fourth-order valence-corrected chi connectivity index (χ4v) is 3.34. The summed E-state index contributed by atoms with van der Waals surface area (Å²) in [5.74, 6) is 2.22. The van der Waals surface area contributed by atoms with Gasteiger partial charge < -0.3 is 10.1 Å². The number of carbonyl (C=O) groups excluding carboxylic acids is 1. The van der Waals surface area contributed by atoms with Crippen molar-refractivity contribution in [2.75, 3.05) is 18.5 Å². The van der Waals surface area contributed by atoms with Crippen LogP contribution in [0.1, 0.15) is 53.1 Å². The maximum atomic E-state index is 12.0. The Balaban J connectivity index is 1.60. The molecular formula is C20H25N3O2. The summed E-state index contributed by atoms with van der Waals surface area (Å²) in [4.78, 5) is 20.7. The summed E-state index contributed by atoms with van der Waals surface area (Å²) >= 11 is 0. The van der Waals surface area contributed by atoms with Crippen LogP contribution in [0.3, 0.4) is 0 Å². The summed E-state index contributed by atoms with van der Waals surface area (Å²) < 4.78 is 5.08. The molecule has 5 nitrogen and oxygen atoms in total. The van der Waals surface area contributed by atoms with Crippen LogP contribution in [0.4, 0.5) is 5.82 Å². The monoisotopic (exact) mass is 339 g/mol. The van der Waals surface area contributed by atoms with Crippen LogP contribution in [0.25, 0.3) is 0 Å². The lowest BCUT2D eigenvalue weighted by molar-refractivity contribution is 0.0518. The molecule has 2 aromatic rings. The van der Waals surface area contributed by atoms with Gasteiger partial charge in [-0.2, -0.15) is 0 Å². The molecule has 0 saturated heterocycles. The molecule has 25 heavy (non-hydrogen) atoms. The predicted octanol–water partition coefficient (Wildman–Crippen LogP) is 3.88. The highest BCUT2D eigenvalue weighted by atomic mass is 16.5. The van der Waals surface area contributed by atoms with Gasteiger partial charge in [0.1, 0.15) is 11.6 Å². The van der Waals surface area contributed by atoms with E-state index >= 15 is 0 Å². The fourth-order valence-electron chi connectivity index (χ4n) is 3.34. The minimum Gasteiger partial charge on any atom is -0.461 e. The van der Waals surface area contributed by atoms with E-state index in [0.717, 1.165) is 17.9 Å². The molecule has 1 fully saturated rings. The molecule has 132 valence electrons. The Bertz CT molecular complexity index is 740. The van der Waals surface area contributed by atoms with Crippen molar-refractivity contribution in [3.8, 4) is 0 Å². The largest absolute Gasteiger partial charge is 0.461 e. The highest BCUT2D eigenvalue weighted by Crippen LogP contribution is 2.41. The van der Waals surface area contributed by atoms with E-state index in [4.69, 9.17) is 4.74 Å². The van der Waals surface area contributed by atoms with Crippen molar-refractivity contribution >= 4 is 11.8 Å². The van der Waals surface area contributed by atoms with Gasteiger partial charge in [0.2, 0.25) is 0 Å². The second-order valence-corrected chi connectivity index (χ2v) is 6.64. The lowest BCUT2D eigenvalue weighted by Crippen LogP contribution is -2.28. The van der Waals surface area contributed by atoms with Gasteiger partial charge in [-0.3, -0.25) is 0 Å². The van der Waals surface area contributed by atoms with Crippen molar-refractivity contribution in [1.29, 1.82) is 0 Å². The topological polar surface area (TPSA) is 64.1 Å². The Morgan fingerprint density at radius 1 is 1.20 bits per heavy atom. The maximum absolute atomic E-state index is 12.0. The predicted molar refractivity (Wildman–Crippen MR) is 97.9 cm³/mol. The van der Waals surface area contributed by atoms with E-state index in [2.05, 4.69) is 45.6 Å². The summed E-state index contributed by atoms with van der Waals surface area (Å²) in [6, 6.07) is 10.7. The number of anilines is 1. The Hall–Kier alpha value is -2.43. The van der Waals surface area contributed by atoms with Crippen molar-refractivity contribution in [1.82, 2.24) is 9.97 Å². The quantitative estimate of drug-likeness (QED) is 0.809. The van der Waals surface area contributed by atoms with Crippen LogP contribution in [0, 0.1) is 19.8 Å². The number of rotatable bonds is 6. The fraction of sp³-hybridized carbons (Fsp3) is 0.450. The van der Waals surface area contributed by atoms with E-state index < -0.39 is 0 Å². The van der Waals surface area contributed by atoms with Crippen LogP contribution in [0.5, 0.6) is 0 Å². The third-order valence-electron chi connectivity index (χ3n) is 4.79. The molecule has 1 saturated carbocycles. The van der Waals surface area contributed by atoms with Crippen LogP contribution in [-0.2, 0) is 4.74 Å². The first kappa shape index (κ1) is 17.4. The van der Waals surface area contributed by atoms with Gasteiger partial charge in [0, 0.05) is 12.1 Å². The molecule has 1 aliphatic rings. The average molecular weight is 339 g/mol. The minimum absolute atomic E-state index is 0.340. The van der Waals surface area contributed by atoms with Gasteiger partial charge in [-0.1, -0.05) is 30.3 Å². The van der Waals surface area contributed by atoms with Gasteiger partial charge in [-0.15, -0.1) is 0 Å². The standard InChI is InChI=1S/C20H25N3O2/c1-4-25-20(24)18-13(2)19(23-14(3)22-18)21-12-15-10-17(11-15)16-8-6-5-7-9-16/h5-9,15,17H,4,10-12H2,1-3H3,(H,21,22,23). The second-order valence-electron chi connectivity index (χ2n) is 6.64. The van der Waals surface area contributed by atoms with Gasteiger partial charge in [-0.25, -0.2) is 14.8 Å². The van der Waals surface area contributed by atoms with Crippen LogP contribution >= 0.6 is 0 Å². The van der Waals surface area contributed by atoms with E-state index in [1.165, 1.54) is 18.4 Å². The van der Waals surface area contributed by atoms with Crippen LogP contribution in [-0.4, -0.2) is 29.1 Å². The third kappa shape index (κ3) is 3.98. The minimum atomic E-state index is -0.388. The Labute approximate surface area is 148 Å². The van der Waals surface area contributed by atoms with E-state index in [1.54, 1.807) is 13.8 Å². The van der Waals surface area contributed by atoms with Crippen LogP contribution < -0.4 is 5.32 Å². The number of aryl methyl sites for hydroxylation is 1. The molecule has 1 aliphatic carbocycles. The highest BCUT2D eigenvalue weighted by Gasteiger charge is 2.30. The second kappa shape index (κ2) is 7.64. The number of nitrogens with one attached hydrogen (secondary N) is 1. The Kier molecular flexibility index (Phi) is 5.31. The summed E-state index contributed by atoms with van der Waals surface area (Å²) in [6.45, 7) is 6.65. The number of carbonyl (C=O) groups is 1. The molecule has 1 N–H and O–H groups in total. The molecule has 0 bridgehead atoms. The Morgan fingerprint density at radius 3 is 2.60 bits per heavy atom. The van der Waals surface area contributed by atoms with E-state index in [-0.39, 0.29) is 5.97 Å². The number of hydrogen-bond acceptors (Lipinski definition) is 5. The van der Waals surface area contributed by atoms with Crippen LogP contribution in [0.2, 0.25) is 0 Å². The van der Waals surface area contributed by atoms with E-state index in [0.29, 0.717) is 30.0 Å². The SMILES string of the molecule is CCOC(=O)c1nc(C)nc(NCC2CC(c3ccccc3)C2)c1C. The lowest BCUT2D eigenvalue weighted by Gasteiger charge is -2.36. The summed E-state index contributed by atoms with van der Waals surface area (Å²) in [5, 5.41) is 3.41. The number of esters is 1. The molecule has 5 heteroatoms. The molecular weight excluding hydrogens is 314 g/mol. The normalized spacial score (nSPS) is 19.2. The summed E-state index contributed by atoms with van der Waals surface area (Å²) in [7, 11) is 0. The van der Waals surface area contributed by atoms with Gasteiger partial charge >= 0.3 is 5.97 Å². The molecule has 0 amide bonds. The highest BCUT2D eigenvalue weighted by molar-refractivity contribution is 5.90. The molecule has 0 aliphatic heterocycles. The zero-order valence-electron chi connectivity index (χ0n) is 15.1. The van der Waals surface area contributed by atoms with Crippen molar-refractivity contribution in [2.24, 2.45) is 5.92 Å². The number of nitrogens with zero attached hydrogens (tertiary/aromatic N) is 2. The summed E-state index contributed by atoms with van der Waals surface area (Å²) in [5.41, 5.74) is 2.54. The van der Waals surface area contributed by atoms with E-state index in [9.17, 15) is 4.79 Å².